The molecule has 0 saturated carbocycles. The number of ketones is 1. The van der Waals surface area contributed by atoms with Gasteiger partial charge in [0.15, 0.2) is 15.6 Å². The molecule has 0 radical (unpaired) electrons. The maximum atomic E-state index is 14.0. The average Bonchev–Trinajstić information content (AvgIpc) is 2.66. The van der Waals surface area contributed by atoms with Crippen molar-refractivity contribution >= 4 is 15.6 Å². The fourth-order valence-corrected chi connectivity index (χ4v) is 6.04. The summed E-state index contributed by atoms with van der Waals surface area (Å²) in [5, 5.41) is -1.19. The zero-order valence-electron chi connectivity index (χ0n) is 12.0. The summed E-state index contributed by atoms with van der Waals surface area (Å²) in [6, 6.07) is 3.29. The van der Waals surface area contributed by atoms with Crippen molar-refractivity contribution in [1.82, 2.24) is 0 Å². The Labute approximate surface area is 131 Å². The lowest BCUT2D eigenvalue weighted by atomic mass is 9.89. The minimum Gasteiger partial charge on any atom is -0.434 e. The van der Waals surface area contributed by atoms with Crippen LogP contribution in [0.1, 0.15) is 36.0 Å². The van der Waals surface area contributed by atoms with Gasteiger partial charge < -0.3 is 4.74 Å². The van der Waals surface area contributed by atoms with Crippen LogP contribution in [0.25, 0.3) is 0 Å². The van der Waals surface area contributed by atoms with Crippen molar-refractivity contribution in [2.45, 2.75) is 42.8 Å². The highest BCUT2D eigenvalue weighted by Crippen LogP contribution is 2.43. The Hall–Kier alpha value is -1.57. The smallest absolute Gasteiger partial charge is 0.387 e. The lowest BCUT2D eigenvalue weighted by molar-refractivity contribution is -0.0503. The maximum absolute atomic E-state index is 14.0. The second-order valence-electron chi connectivity index (χ2n) is 5.93. The molecule has 2 heterocycles. The van der Waals surface area contributed by atoms with E-state index in [0.29, 0.717) is 12.8 Å². The molecule has 2 aliphatic heterocycles. The Balaban J connectivity index is 1.90. The van der Waals surface area contributed by atoms with E-state index in [-0.39, 0.29) is 12.8 Å². The summed E-state index contributed by atoms with van der Waals surface area (Å²) in [5.41, 5.74) is -0.517. The standard InChI is InChI=1S/C15H15F3O4S/c16-11-2-1-3-12(22-15(17)18)13(11)14(19)8-6-9-4-5-10(7-8)23(9,20)21/h1-3,8-10,15H,4-7H2. The Bertz CT molecular complexity index is 712. The molecule has 8 heteroatoms. The number of ether oxygens (including phenoxy) is 1. The predicted molar refractivity (Wildman–Crippen MR) is 75.8 cm³/mol. The minimum atomic E-state index is -3.21. The molecule has 4 nitrogen and oxygen atoms in total. The van der Waals surface area contributed by atoms with Crippen LogP contribution in [0.5, 0.6) is 5.75 Å². The van der Waals surface area contributed by atoms with E-state index in [4.69, 9.17) is 0 Å². The fraction of sp³-hybridized carbons (Fsp3) is 0.533. The van der Waals surface area contributed by atoms with E-state index in [1.165, 1.54) is 6.07 Å². The molecular weight excluding hydrogens is 333 g/mol. The average molecular weight is 348 g/mol. The van der Waals surface area contributed by atoms with E-state index in [2.05, 4.69) is 4.74 Å². The second-order valence-corrected chi connectivity index (χ2v) is 8.45. The van der Waals surface area contributed by atoms with Crippen LogP contribution in [-0.4, -0.2) is 31.3 Å². The number of fused-ring (bicyclic) bond motifs is 2. The number of benzene rings is 1. The van der Waals surface area contributed by atoms with Crippen molar-refractivity contribution in [2.75, 3.05) is 0 Å². The van der Waals surface area contributed by atoms with Gasteiger partial charge in [-0.25, -0.2) is 12.8 Å². The van der Waals surface area contributed by atoms with Crippen LogP contribution >= 0.6 is 0 Å². The quantitative estimate of drug-likeness (QED) is 0.785. The van der Waals surface area contributed by atoms with Gasteiger partial charge in [0.1, 0.15) is 11.6 Å². The number of sulfone groups is 1. The first kappa shape index (κ1) is 16.3. The number of carbonyl (C=O) groups excluding carboxylic acids is 1. The first-order valence-electron chi connectivity index (χ1n) is 7.31. The van der Waals surface area contributed by atoms with E-state index < -0.39 is 55.8 Å². The normalized spacial score (nSPS) is 28.8. The van der Waals surface area contributed by atoms with Crippen molar-refractivity contribution in [3.63, 3.8) is 0 Å². The summed E-state index contributed by atoms with van der Waals surface area (Å²) in [6.07, 6.45) is 1.21. The topological polar surface area (TPSA) is 60.4 Å². The number of rotatable bonds is 4. The van der Waals surface area contributed by atoms with Gasteiger partial charge in [-0.1, -0.05) is 6.07 Å². The molecule has 1 aromatic carbocycles. The van der Waals surface area contributed by atoms with Crippen molar-refractivity contribution in [3.8, 4) is 5.75 Å². The molecular formula is C15H15F3O4S. The van der Waals surface area contributed by atoms with Crippen LogP contribution in [-0.2, 0) is 9.84 Å². The van der Waals surface area contributed by atoms with E-state index in [1.54, 1.807) is 0 Å². The molecule has 23 heavy (non-hydrogen) atoms. The fourth-order valence-electron chi connectivity index (χ4n) is 3.56. The molecule has 2 atom stereocenters. The van der Waals surface area contributed by atoms with Crippen molar-refractivity contribution in [1.29, 1.82) is 0 Å². The van der Waals surface area contributed by atoms with Gasteiger partial charge in [0.2, 0.25) is 0 Å². The molecule has 0 spiro atoms. The molecule has 0 N–H and O–H groups in total. The highest BCUT2D eigenvalue weighted by Gasteiger charge is 2.49. The molecule has 3 rings (SSSR count). The van der Waals surface area contributed by atoms with Crippen LogP contribution in [0, 0.1) is 11.7 Å². The van der Waals surface area contributed by atoms with Crippen LogP contribution in [0.3, 0.4) is 0 Å². The van der Waals surface area contributed by atoms with Crippen LogP contribution < -0.4 is 4.74 Å². The second kappa shape index (κ2) is 5.81. The van der Waals surface area contributed by atoms with Gasteiger partial charge in [-0.05, 0) is 37.8 Å². The SMILES string of the molecule is O=C(c1c(F)cccc1OC(F)F)C1CC2CCC(C1)S2(=O)=O. The minimum absolute atomic E-state index is 0.111. The van der Waals surface area contributed by atoms with Gasteiger partial charge in [0, 0.05) is 5.92 Å². The Morgan fingerprint density at radius 1 is 1.17 bits per heavy atom. The van der Waals surface area contributed by atoms with Crippen LogP contribution in [0.2, 0.25) is 0 Å². The molecule has 2 saturated heterocycles. The number of hydrogen-bond donors (Lipinski definition) is 0. The molecule has 2 bridgehead atoms. The molecule has 1 aromatic rings. The molecule has 0 aromatic heterocycles. The summed E-state index contributed by atoms with van der Waals surface area (Å²) < 4.78 is 67.2. The highest BCUT2D eigenvalue weighted by atomic mass is 32.2. The first-order valence-corrected chi connectivity index (χ1v) is 8.92. The van der Waals surface area contributed by atoms with Gasteiger partial charge in [-0.2, -0.15) is 8.78 Å². The van der Waals surface area contributed by atoms with E-state index >= 15 is 0 Å². The third kappa shape index (κ3) is 2.84. The van der Waals surface area contributed by atoms with E-state index in [9.17, 15) is 26.4 Å². The van der Waals surface area contributed by atoms with Gasteiger partial charge >= 0.3 is 6.61 Å². The Kier molecular flexibility index (Phi) is 4.12. The first-order chi connectivity index (χ1) is 10.8. The monoisotopic (exact) mass is 348 g/mol. The summed E-state index contributed by atoms with van der Waals surface area (Å²) in [6.45, 7) is -3.17. The molecule has 2 fully saturated rings. The van der Waals surface area contributed by atoms with E-state index in [0.717, 1.165) is 12.1 Å². The largest absolute Gasteiger partial charge is 0.434 e. The lowest BCUT2D eigenvalue weighted by Gasteiger charge is -2.27. The van der Waals surface area contributed by atoms with Crippen molar-refractivity contribution < 1.29 is 31.1 Å². The Morgan fingerprint density at radius 3 is 2.35 bits per heavy atom. The predicted octanol–water partition coefficient (Wildman–Crippen LogP) is 2.97. The zero-order valence-corrected chi connectivity index (χ0v) is 12.9. The zero-order chi connectivity index (χ0) is 16.8. The highest BCUT2D eigenvalue weighted by molar-refractivity contribution is 7.93. The number of Topliss-reactive ketones (excluding diaryl/α,β-unsaturated/α-hetero) is 1. The van der Waals surface area contributed by atoms with Gasteiger partial charge in [-0.3, -0.25) is 4.79 Å². The van der Waals surface area contributed by atoms with Gasteiger partial charge in [0.05, 0.1) is 16.1 Å². The van der Waals surface area contributed by atoms with Gasteiger partial charge in [0.25, 0.3) is 0 Å². The Morgan fingerprint density at radius 2 is 1.78 bits per heavy atom. The summed E-state index contributed by atoms with van der Waals surface area (Å²) in [4.78, 5) is 12.6. The summed E-state index contributed by atoms with van der Waals surface area (Å²) in [5.74, 6) is -2.79. The maximum Gasteiger partial charge on any atom is 0.387 e. The molecule has 0 amide bonds. The summed E-state index contributed by atoms with van der Waals surface area (Å²) in [7, 11) is -3.21. The van der Waals surface area contributed by atoms with Crippen LogP contribution in [0.15, 0.2) is 18.2 Å². The summed E-state index contributed by atoms with van der Waals surface area (Å²) >= 11 is 0. The third-order valence-electron chi connectivity index (χ3n) is 4.64. The van der Waals surface area contributed by atoms with Crippen LogP contribution in [0.4, 0.5) is 13.2 Å². The molecule has 0 aliphatic carbocycles. The lowest BCUT2D eigenvalue weighted by Crippen LogP contribution is -2.36. The molecule has 2 aliphatic rings. The third-order valence-corrected chi connectivity index (χ3v) is 7.36. The number of halogens is 3. The van der Waals surface area contributed by atoms with Crippen molar-refractivity contribution in [2.24, 2.45) is 5.92 Å². The van der Waals surface area contributed by atoms with E-state index in [1.807, 2.05) is 0 Å². The number of hydrogen-bond acceptors (Lipinski definition) is 4. The molecule has 126 valence electrons. The molecule has 2 unspecified atom stereocenters. The van der Waals surface area contributed by atoms with Crippen molar-refractivity contribution in [3.05, 3.63) is 29.6 Å². The number of carbonyl (C=O) groups is 1. The number of alkyl halides is 2. The van der Waals surface area contributed by atoms with Gasteiger partial charge in [-0.15, -0.1) is 0 Å².